The molecule has 3 heteroatoms. The summed E-state index contributed by atoms with van der Waals surface area (Å²) in [6, 6.07) is 10.9. The highest BCUT2D eigenvalue weighted by molar-refractivity contribution is 5.94. The normalized spacial score (nSPS) is 15.5. The van der Waals surface area contributed by atoms with Crippen molar-refractivity contribution in [1.29, 1.82) is 0 Å². The van der Waals surface area contributed by atoms with Crippen LogP contribution in [0, 0.1) is 20.8 Å². The maximum Gasteiger partial charge on any atom is 0.268 e. The highest BCUT2D eigenvalue weighted by Crippen LogP contribution is 2.21. The van der Waals surface area contributed by atoms with Crippen LogP contribution in [0.5, 0.6) is 0 Å². The van der Waals surface area contributed by atoms with E-state index in [0.29, 0.717) is 6.04 Å². The minimum atomic E-state index is 0.0843. The molecule has 2 aromatic rings. The Morgan fingerprint density at radius 1 is 1.08 bits per heavy atom. The smallest absolute Gasteiger partial charge is 0.268 e. The minimum absolute atomic E-state index is 0.0843. The number of benzene rings is 1. The fourth-order valence-corrected chi connectivity index (χ4v) is 3.81. The number of aryl methyl sites for hydroxylation is 3. The number of carbonyl (C=O) groups is 1. The van der Waals surface area contributed by atoms with E-state index >= 15 is 0 Å². The van der Waals surface area contributed by atoms with Crippen LogP contribution < -0.4 is 5.32 Å². The molecule has 0 aliphatic heterocycles. The molecule has 0 bridgehead atoms. The summed E-state index contributed by atoms with van der Waals surface area (Å²) in [5, 5.41) is 3.27. The number of nitrogens with one attached hydrogen (secondary N) is 1. The topological polar surface area (TPSA) is 34.0 Å². The molecule has 0 radical (unpaired) electrons. The fraction of sp³-hybridized carbons (Fsp3) is 0.476. The van der Waals surface area contributed by atoms with Gasteiger partial charge in [-0.1, -0.05) is 43.5 Å². The van der Waals surface area contributed by atoms with Crippen LogP contribution in [0.25, 0.3) is 0 Å². The predicted octanol–water partition coefficient (Wildman–Crippen LogP) is 4.52. The number of rotatable bonds is 4. The second-order valence-corrected chi connectivity index (χ2v) is 7.14. The summed E-state index contributed by atoms with van der Waals surface area (Å²) >= 11 is 0. The van der Waals surface area contributed by atoms with Crippen LogP contribution in [0.3, 0.4) is 0 Å². The van der Waals surface area contributed by atoms with Crippen molar-refractivity contribution in [1.82, 2.24) is 9.88 Å². The molecule has 0 saturated heterocycles. The van der Waals surface area contributed by atoms with Crippen LogP contribution in [-0.2, 0) is 6.54 Å². The van der Waals surface area contributed by atoms with Crippen molar-refractivity contribution in [2.24, 2.45) is 0 Å². The molecule has 1 aliphatic carbocycles. The van der Waals surface area contributed by atoms with Gasteiger partial charge >= 0.3 is 0 Å². The predicted molar refractivity (Wildman–Crippen MR) is 98.5 cm³/mol. The third-order valence-electron chi connectivity index (χ3n) is 5.24. The van der Waals surface area contributed by atoms with Gasteiger partial charge in [-0.2, -0.15) is 0 Å². The highest BCUT2D eigenvalue weighted by atomic mass is 16.2. The summed E-state index contributed by atoms with van der Waals surface area (Å²) in [6.07, 6.45) is 5.99. The fourth-order valence-electron chi connectivity index (χ4n) is 3.81. The van der Waals surface area contributed by atoms with Crippen molar-refractivity contribution >= 4 is 5.91 Å². The Balaban J connectivity index is 1.85. The van der Waals surface area contributed by atoms with E-state index in [0.717, 1.165) is 36.3 Å². The Labute approximate surface area is 145 Å². The summed E-state index contributed by atoms with van der Waals surface area (Å²) < 4.78 is 2.16. The standard InChI is InChI=1S/C21H28N2O/c1-15-9-7-8-10-18(15)14-23-17(3)13-16(2)20(23)21(24)22-19-11-5-4-6-12-19/h7-10,13,19H,4-6,11-12,14H2,1-3H3,(H,22,24). The van der Waals surface area contributed by atoms with Crippen LogP contribution in [0.15, 0.2) is 30.3 Å². The SMILES string of the molecule is Cc1ccccc1Cn1c(C)cc(C)c1C(=O)NC1CCCCC1. The molecule has 1 saturated carbocycles. The van der Waals surface area contributed by atoms with Gasteiger partial charge in [-0.25, -0.2) is 0 Å². The average molecular weight is 324 g/mol. The number of amides is 1. The van der Waals surface area contributed by atoms with Crippen molar-refractivity contribution in [3.8, 4) is 0 Å². The maximum atomic E-state index is 12.9. The molecule has 24 heavy (non-hydrogen) atoms. The molecule has 0 atom stereocenters. The molecular formula is C21H28N2O. The quantitative estimate of drug-likeness (QED) is 0.881. The lowest BCUT2D eigenvalue weighted by atomic mass is 9.95. The Hall–Kier alpha value is -2.03. The van der Waals surface area contributed by atoms with Crippen molar-refractivity contribution in [3.05, 3.63) is 58.4 Å². The molecule has 1 amide bonds. The van der Waals surface area contributed by atoms with Crippen LogP contribution in [0.2, 0.25) is 0 Å². The summed E-state index contributed by atoms with van der Waals surface area (Å²) in [4.78, 5) is 12.9. The molecule has 1 aromatic heterocycles. The van der Waals surface area contributed by atoms with E-state index < -0.39 is 0 Å². The molecule has 3 nitrogen and oxygen atoms in total. The Morgan fingerprint density at radius 3 is 2.50 bits per heavy atom. The zero-order chi connectivity index (χ0) is 17.1. The van der Waals surface area contributed by atoms with Gasteiger partial charge in [0.25, 0.3) is 5.91 Å². The molecular weight excluding hydrogens is 296 g/mol. The van der Waals surface area contributed by atoms with Gasteiger partial charge in [0.2, 0.25) is 0 Å². The van der Waals surface area contributed by atoms with E-state index in [-0.39, 0.29) is 5.91 Å². The Bertz CT molecular complexity index is 723. The van der Waals surface area contributed by atoms with Gasteiger partial charge in [0.1, 0.15) is 5.69 Å². The van der Waals surface area contributed by atoms with Crippen molar-refractivity contribution in [2.75, 3.05) is 0 Å². The monoisotopic (exact) mass is 324 g/mol. The summed E-state index contributed by atoms with van der Waals surface area (Å²) in [7, 11) is 0. The highest BCUT2D eigenvalue weighted by Gasteiger charge is 2.22. The molecule has 1 aromatic carbocycles. The maximum absolute atomic E-state index is 12.9. The van der Waals surface area contributed by atoms with Crippen LogP contribution in [0.4, 0.5) is 0 Å². The summed E-state index contributed by atoms with van der Waals surface area (Å²) in [5.74, 6) is 0.0843. The van der Waals surface area contributed by atoms with Crippen LogP contribution >= 0.6 is 0 Å². The van der Waals surface area contributed by atoms with Crippen LogP contribution in [-0.4, -0.2) is 16.5 Å². The van der Waals surface area contributed by atoms with Gasteiger partial charge < -0.3 is 9.88 Å². The van der Waals surface area contributed by atoms with Crippen LogP contribution in [0.1, 0.15) is 65.0 Å². The Morgan fingerprint density at radius 2 is 1.79 bits per heavy atom. The summed E-state index contributed by atoms with van der Waals surface area (Å²) in [6.45, 7) is 7.00. The number of hydrogen-bond donors (Lipinski definition) is 1. The average Bonchev–Trinajstić information content (AvgIpc) is 2.84. The van der Waals surface area contributed by atoms with E-state index in [1.165, 1.54) is 30.4 Å². The van der Waals surface area contributed by atoms with Gasteiger partial charge in [-0.3, -0.25) is 4.79 Å². The van der Waals surface area contributed by atoms with E-state index in [1.807, 2.05) is 6.92 Å². The van der Waals surface area contributed by atoms with E-state index in [9.17, 15) is 4.79 Å². The first-order chi connectivity index (χ1) is 11.6. The van der Waals surface area contributed by atoms with E-state index in [1.54, 1.807) is 0 Å². The van der Waals surface area contributed by atoms with Gasteiger partial charge in [-0.15, -0.1) is 0 Å². The Kier molecular flexibility index (Phi) is 5.08. The molecule has 0 spiro atoms. The third-order valence-corrected chi connectivity index (χ3v) is 5.24. The summed E-state index contributed by atoms with van der Waals surface area (Å²) in [5.41, 5.74) is 5.56. The molecule has 1 heterocycles. The van der Waals surface area contributed by atoms with E-state index in [2.05, 4.69) is 54.1 Å². The number of nitrogens with zero attached hydrogens (tertiary/aromatic N) is 1. The van der Waals surface area contributed by atoms with Crippen molar-refractivity contribution in [3.63, 3.8) is 0 Å². The second kappa shape index (κ2) is 7.25. The lowest BCUT2D eigenvalue weighted by Gasteiger charge is -2.23. The molecule has 1 fully saturated rings. The largest absolute Gasteiger partial charge is 0.348 e. The first kappa shape index (κ1) is 16.8. The van der Waals surface area contributed by atoms with Crippen molar-refractivity contribution in [2.45, 2.75) is 65.5 Å². The van der Waals surface area contributed by atoms with E-state index in [4.69, 9.17) is 0 Å². The third kappa shape index (κ3) is 3.55. The van der Waals surface area contributed by atoms with Gasteiger partial charge in [0.05, 0.1) is 0 Å². The lowest BCUT2D eigenvalue weighted by molar-refractivity contribution is 0.0918. The number of hydrogen-bond acceptors (Lipinski definition) is 1. The number of aromatic nitrogens is 1. The second-order valence-electron chi connectivity index (χ2n) is 7.14. The van der Waals surface area contributed by atoms with Crippen molar-refractivity contribution < 1.29 is 4.79 Å². The first-order valence-electron chi connectivity index (χ1n) is 9.08. The minimum Gasteiger partial charge on any atom is -0.348 e. The zero-order valence-electron chi connectivity index (χ0n) is 15.1. The first-order valence-corrected chi connectivity index (χ1v) is 9.08. The molecule has 128 valence electrons. The number of carbonyl (C=O) groups excluding carboxylic acids is 1. The molecule has 1 aliphatic rings. The molecule has 0 unspecified atom stereocenters. The molecule has 3 rings (SSSR count). The zero-order valence-corrected chi connectivity index (χ0v) is 15.1. The van der Waals surface area contributed by atoms with Gasteiger partial charge in [-0.05, 0) is 56.4 Å². The molecule has 1 N–H and O–H groups in total. The lowest BCUT2D eigenvalue weighted by Crippen LogP contribution is -2.37. The van der Waals surface area contributed by atoms with Gasteiger partial charge in [0.15, 0.2) is 0 Å². The van der Waals surface area contributed by atoms with Gasteiger partial charge in [0, 0.05) is 18.3 Å².